The van der Waals surface area contributed by atoms with Crippen LogP contribution in [-0.4, -0.2) is 44.2 Å². The SMILES string of the molecule is CCCCS(=O)(=O)N1CCCNC(C(C)C)C1. The summed E-state index contributed by atoms with van der Waals surface area (Å²) in [4.78, 5) is 0. The number of nitrogens with one attached hydrogen (secondary N) is 1. The van der Waals surface area contributed by atoms with Crippen molar-refractivity contribution in [3.05, 3.63) is 0 Å². The molecule has 0 saturated carbocycles. The minimum absolute atomic E-state index is 0.286. The molecular weight excluding hydrogens is 236 g/mol. The normalized spacial score (nSPS) is 23.9. The molecule has 5 heteroatoms. The van der Waals surface area contributed by atoms with Gasteiger partial charge in [0, 0.05) is 19.1 Å². The van der Waals surface area contributed by atoms with E-state index < -0.39 is 10.0 Å². The van der Waals surface area contributed by atoms with Gasteiger partial charge < -0.3 is 5.32 Å². The zero-order valence-electron chi connectivity index (χ0n) is 11.3. The molecule has 0 bridgehead atoms. The molecule has 1 aliphatic heterocycles. The van der Waals surface area contributed by atoms with Gasteiger partial charge in [-0.25, -0.2) is 12.7 Å². The van der Waals surface area contributed by atoms with Crippen LogP contribution in [0.1, 0.15) is 40.0 Å². The van der Waals surface area contributed by atoms with Crippen molar-refractivity contribution in [2.75, 3.05) is 25.4 Å². The first-order valence-corrected chi connectivity index (χ1v) is 8.29. The van der Waals surface area contributed by atoms with Crippen LogP contribution in [0, 0.1) is 5.92 Å². The standard InChI is InChI=1S/C12H26N2O2S/c1-4-5-9-17(15,16)14-8-6-7-13-12(10-14)11(2)3/h11-13H,4-10H2,1-3H3. The number of hydrogen-bond donors (Lipinski definition) is 1. The third kappa shape index (κ3) is 4.56. The van der Waals surface area contributed by atoms with Gasteiger partial charge in [-0.15, -0.1) is 0 Å². The summed E-state index contributed by atoms with van der Waals surface area (Å²) in [6, 6.07) is 0.286. The Hall–Kier alpha value is -0.130. The Morgan fingerprint density at radius 1 is 1.41 bits per heavy atom. The molecule has 1 aliphatic rings. The molecule has 102 valence electrons. The van der Waals surface area contributed by atoms with Crippen LogP contribution in [0.3, 0.4) is 0 Å². The number of sulfonamides is 1. The van der Waals surface area contributed by atoms with E-state index in [4.69, 9.17) is 0 Å². The summed E-state index contributed by atoms with van der Waals surface area (Å²) in [5.74, 6) is 0.769. The average molecular weight is 262 g/mol. The molecule has 1 fully saturated rings. The van der Waals surface area contributed by atoms with Crippen LogP contribution in [0.25, 0.3) is 0 Å². The highest BCUT2D eigenvalue weighted by Gasteiger charge is 2.27. The van der Waals surface area contributed by atoms with Gasteiger partial charge in [0.2, 0.25) is 10.0 Å². The molecule has 0 radical (unpaired) electrons. The lowest BCUT2D eigenvalue weighted by molar-refractivity contribution is 0.342. The molecular formula is C12H26N2O2S. The first-order valence-electron chi connectivity index (χ1n) is 6.68. The Bertz CT molecular complexity index is 314. The van der Waals surface area contributed by atoms with Gasteiger partial charge in [-0.2, -0.15) is 0 Å². The Morgan fingerprint density at radius 3 is 2.71 bits per heavy atom. The fraction of sp³-hybridized carbons (Fsp3) is 1.00. The lowest BCUT2D eigenvalue weighted by Gasteiger charge is -2.26. The predicted octanol–water partition coefficient (Wildman–Crippen LogP) is 1.44. The minimum atomic E-state index is -3.04. The molecule has 0 aromatic carbocycles. The van der Waals surface area contributed by atoms with Crippen LogP contribution < -0.4 is 5.32 Å². The van der Waals surface area contributed by atoms with Crippen LogP contribution in [0.5, 0.6) is 0 Å². The van der Waals surface area contributed by atoms with Crippen molar-refractivity contribution in [1.82, 2.24) is 9.62 Å². The zero-order chi connectivity index (χ0) is 12.9. The Labute approximate surface area is 106 Å². The molecule has 4 nitrogen and oxygen atoms in total. The summed E-state index contributed by atoms with van der Waals surface area (Å²) in [6.07, 6.45) is 2.60. The van der Waals surface area contributed by atoms with Crippen molar-refractivity contribution in [3.63, 3.8) is 0 Å². The van der Waals surface area contributed by atoms with E-state index in [2.05, 4.69) is 19.2 Å². The minimum Gasteiger partial charge on any atom is -0.312 e. The fourth-order valence-corrected chi connectivity index (χ4v) is 3.78. The van der Waals surface area contributed by atoms with Crippen molar-refractivity contribution < 1.29 is 8.42 Å². The maximum atomic E-state index is 12.2. The van der Waals surface area contributed by atoms with E-state index in [-0.39, 0.29) is 6.04 Å². The molecule has 0 amide bonds. The molecule has 1 heterocycles. The highest BCUT2D eigenvalue weighted by atomic mass is 32.2. The maximum Gasteiger partial charge on any atom is 0.214 e. The van der Waals surface area contributed by atoms with Gasteiger partial charge in [-0.3, -0.25) is 0 Å². The maximum absolute atomic E-state index is 12.2. The van der Waals surface area contributed by atoms with E-state index in [0.29, 0.717) is 24.8 Å². The number of unbranched alkanes of at least 4 members (excludes halogenated alkanes) is 1. The Balaban J connectivity index is 2.67. The zero-order valence-corrected chi connectivity index (χ0v) is 12.1. The van der Waals surface area contributed by atoms with Gasteiger partial charge in [0.15, 0.2) is 0 Å². The molecule has 0 aromatic heterocycles. The van der Waals surface area contributed by atoms with Crippen molar-refractivity contribution >= 4 is 10.0 Å². The van der Waals surface area contributed by atoms with Crippen LogP contribution >= 0.6 is 0 Å². The Morgan fingerprint density at radius 2 is 2.12 bits per heavy atom. The van der Waals surface area contributed by atoms with E-state index in [0.717, 1.165) is 25.8 Å². The van der Waals surface area contributed by atoms with Gasteiger partial charge in [-0.05, 0) is 25.3 Å². The van der Waals surface area contributed by atoms with Gasteiger partial charge in [0.05, 0.1) is 5.75 Å². The van der Waals surface area contributed by atoms with E-state index in [1.165, 1.54) is 0 Å². The van der Waals surface area contributed by atoms with Gasteiger partial charge in [0.1, 0.15) is 0 Å². The summed E-state index contributed by atoms with van der Waals surface area (Å²) in [5.41, 5.74) is 0. The third-order valence-corrected chi connectivity index (χ3v) is 5.27. The lowest BCUT2D eigenvalue weighted by Crippen LogP contribution is -2.44. The monoisotopic (exact) mass is 262 g/mol. The number of nitrogens with zero attached hydrogens (tertiary/aromatic N) is 1. The first kappa shape index (κ1) is 14.9. The molecule has 1 atom stereocenters. The predicted molar refractivity (Wildman–Crippen MR) is 71.5 cm³/mol. The molecule has 0 spiro atoms. The quantitative estimate of drug-likeness (QED) is 0.815. The highest BCUT2D eigenvalue weighted by molar-refractivity contribution is 7.89. The van der Waals surface area contributed by atoms with Gasteiger partial charge in [0.25, 0.3) is 0 Å². The fourth-order valence-electron chi connectivity index (χ4n) is 2.07. The van der Waals surface area contributed by atoms with Crippen molar-refractivity contribution in [2.24, 2.45) is 5.92 Å². The second kappa shape index (κ2) is 6.71. The van der Waals surface area contributed by atoms with Crippen LogP contribution in [0.4, 0.5) is 0 Å². The lowest BCUT2D eigenvalue weighted by atomic mass is 10.1. The van der Waals surface area contributed by atoms with E-state index in [9.17, 15) is 8.42 Å². The molecule has 0 aromatic rings. The first-order chi connectivity index (χ1) is 7.97. The van der Waals surface area contributed by atoms with Gasteiger partial charge in [-0.1, -0.05) is 27.2 Å². The van der Waals surface area contributed by atoms with E-state index in [1.807, 2.05) is 6.92 Å². The molecule has 1 rings (SSSR count). The van der Waals surface area contributed by atoms with Crippen molar-refractivity contribution in [2.45, 2.75) is 46.1 Å². The third-order valence-electron chi connectivity index (χ3n) is 3.35. The molecule has 1 saturated heterocycles. The van der Waals surface area contributed by atoms with Gasteiger partial charge >= 0.3 is 0 Å². The summed E-state index contributed by atoms with van der Waals surface area (Å²) >= 11 is 0. The number of hydrogen-bond acceptors (Lipinski definition) is 3. The topological polar surface area (TPSA) is 49.4 Å². The van der Waals surface area contributed by atoms with Crippen LogP contribution in [0.2, 0.25) is 0 Å². The summed E-state index contributed by atoms with van der Waals surface area (Å²) in [6.45, 7) is 8.52. The average Bonchev–Trinajstić information content (AvgIpc) is 2.52. The van der Waals surface area contributed by atoms with E-state index in [1.54, 1.807) is 4.31 Å². The van der Waals surface area contributed by atoms with Crippen LogP contribution in [0.15, 0.2) is 0 Å². The largest absolute Gasteiger partial charge is 0.312 e. The van der Waals surface area contributed by atoms with Crippen LogP contribution in [-0.2, 0) is 10.0 Å². The summed E-state index contributed by atoms with van der Waals surface area (Å²) in [7, 11) is -3.04. The summed E-state index contributed by atoms with van der Waals surface area (Å²) in [5, 5.41) is 3.43. The second-order valence-electron chi connectivity index (χ2n) is 5.19. The molecule has 1 N–H and O–H groups in total. The van der Waals surface area contributed by atoms with Crippen molar-refractivity contribution in [3.8, 4) is 0 Å². The smallest absolute Gasteiger partial charge is 0.214 e. The second-order valence-corrected chi connectivity index (χ2v) is 7.27. The summed E-state index contributed by atoms with van der Waals surface area (Å²) < 4.78 is 26.0. The highest BCUT2D eigenvalue weighted by Crippen LogP contribution is 2.13. The Kier molecular flexibility index (Phi) is 5.89. The molecule has 0 aliphatic carbocycles. The molecule has 1 unspecified atom stereocenters. The molecule has 17 heavy (non-hydrogen) atoms. The van der Waals surface area contributed by atoms with E-state index >= 15 is 0 Å². The van der Waals surface area contributed by atoms with Crippen molar-refractivity contribution in [1.29, 1.82) is 0 Å². The number of rotatable bonds is 5.